The summed E-state index contributed by atoms with van der Waals surface area (Å²) < 4.78 is 15.9. The predicted molar refractivity (Wildman–Crippen MR) is 92.7 cm³/mol. The zero-order valence-corrected chi connectivity index (χ0v) is 14.6. The molecule has 3 aromatic rings. The predicted octanol–water partition coefficient (Wildman–Crippen LogP) is 3.34. The molecule has 0 radical (unpaired) electrons. The molecule has 0 unspecified atom stereocenters. The first-order valence-corrected chi connectivity index (χ1v) is 8.84. The summed E-state index contributed by atoms with van der Waals surface area (Å²) in [6.45, 7) is 2.56. The molecule has 0 saturated heterocycles. The number of esters is 1. The molecule has 136 valence electrons. The highest BCUT2D eigenvalue weighted by atomic mass is 16.5. The Morgan fingerprint density at radius 2 is 2.19 bits per heavy atom. The van der Waals surface area contributed by atoms with E-state index in [0.29, 0.717) is 23.8 Å². The maximum Gasteiger partial charge on any atom is 0.361 e. The minimum Gasteiger partial charge on any atom is -0.467 e. The highest BCUT2D eigenvalue weighted by Gasteiger charge is 2.30. The maximum atomic E-state index is 12.3. The lowest BCUT2D eigenvalue weighted by Crippen LogP contribution is -2.33. The molecular weight excluding hydrogens is 336 g/mol. The Balaban J connectivity index is 1.80. The van der Waals surface area contributed by atoms with Crippen molar-refractivity contribution in [2.45, 2.75) is 45.2 Å². The van der Waals surface area contributed by atoms with Gasteiger partial charge < -0.3 is 18.6 Å². The largest absolute Gasteiger partial charge is 0.467 e. The fourth-order valence-corrected chi connectivity index (χ4v) is 3.49. The fraction of sp³-hybridized carbons (Fsp3) is 0.444. The second kappa shape index (κ2) is 7.15. The zero-order chi connectivity index (χ0) is 17.9. The molecule has 0 spiro atoms. The lowest BCUT2D eigenvalue weighted by atomic mass is 10.1. The molecule has 0 bridgehead atoms. The van der Waals surface area contributed by atoms with Gasteiger partial charge in [0.1, 0.15) is 23.3 Å². The number of rotatable bonds is 6. The number of hydrogen-bond donors (Lipinski definition) is 0. The average Bonchev–Trinajstić information content (AvgIpc) is 3.40. The van der Waals surface area contributed by atoms with Crippen molar-refractivity contribution in [1.82, 2.24) is 15.1 Å². The molecule has 4 rings (SSSR count). The number of aromatic nitrogens is 3. The Hall–Kier alpha value is -2.90. The Bertz CT molecular complexity index is 884. The average molecular weight is 356 g/mol. The third kappa shape index (κ3) is 3.02. The van der Waals surface area contributed by atoms with Crippen molar-refractivity contribution in [3.63, 3.8) is 0 Å². The van der Waals surface area contributed by atoms with E-state index in [1.165, 1.54) is 19.2 Å². The van der Waals surface area contributed by atoms with Gasteiger partial charge >= 0.3 is 5.97 Å². The standard InChI is InChI=1S/C18H20N4O4/c1-2-24-18(23)15-14-16(19-11-20-17(14)26-21-15)22(12-6-3-4-7-12)10-13-8-5-9-25-13/h5,8-9,11-12H,2-4,6-7,10H2,1H3. The molecule has 0 N–H and O–H groups in total. The number of fused-ring (bicyclic) bond motifs is 1. The van der Waals surface area contributed by atoms with Gasteiger partial charge in [-0.05, 0) is 31.9 Å². The summed E-state index contributed by atoms with van der Waals surface area (Å²) in [6.07, 6.45) is 7.55. The number of furan rings is 1. The highest BCUT2D eigenvalue weighted by Crippen LogP contribution is 2.34. The van der Waals surface area contributed by atoms with Gasteiger partial charge in [-0.3, -0.25) is 0 Å². The number of hydrogen-bond acceptors (Lipinski definition) is 8. The van der Waals surface area contributed by atoms with E-state index in [1.807, 2.05) is 12.1 Å². The first-order valence-electron chi connectivity index (χ1n) is 8.84. The summed E-state index contributed by atoms with van der Waals surface area (Å²) >= 11 is 0. The van der Waals surface area contributed by atoms with E-state index in [9.17, 15) is 4.79 Å². The third-order valence-electron chi connectivity index (χ3n) is 4.67. The van der Waals surface area contributed by atoms with Gasteiger partial charge in [-0.1, -0.05) is 18.0 Å². The first kappa shape index (κ1) is 16.6. The van der Waals surface area contributed by atoms with Crippen LogP contribution in [0.5, 0.6) is 0 Å². The Morgan fingerprint density at radius 3 is 2.92 bits per heavy atom. The van der Waals surface area contributed by atoms with Crippen LogP contribution in [0.25, 0.3) is 11.1 Å². The van der Waals surface area contributed by atoms with Gasteiger partial charge in [-0.25, -0.2) is 9.78 Å². The van der Waals surface area contributed by atoms with Crippen molar-refractivity contribution in [3.8, 4) is 0 Å². The monoisotopic (exact) mass is 356 g/mol. The van der Waals surface area contributed by atoms with E-state index in [0.717, 1.165) is 18.6 Å². The molecule has 8 nitrogen and oxygen atoms in total. The number of carbonyl (C=O) groups is 1. The molecule has 0 aliphatic heterocycles. The molecule has 1 saturated carbocycles. The number of ether oxygens (including phenoxy) is 1. The quantitative estimate of drug-likeness (QED) is 0.621. The van der Waals surface area contributed by atoms with Crippen molar-refractivity contribution in [2.24, 2.45) is 0 Å². The first-order chi connectivity index (χ1) is 12.8. The van der Waals surface area contributed by atoms with E-state index >= 15 is 0 Å². The van der Waals surface area contributed by atoms with Gasteiger partial charge in [0.2, 0.25) is 5.69 Å². The molecule has 1 fully saturated rings. The van der Waals surface area contributed by atoms with Crippen LogP contribution in [0, 0.1) is 0 Å². The molecule has 0 amide bonds. The smallest absolute Gasteiger partial charge is 0.361 e. The molecule has 1 aliphatic rings. The molecular formula is C18H20N4O4. The molecule has 0 aromatic carbocycles. The van der Waals surface area contributed by atoms with Crippen LogP contribution in [0.4, 0.5) is 5.82 Å². The summed E-state index contributed by atoms with van der Waals surface area (Å²) in [4.78, 5) is 23.0. The summed E-state index contributed by atoms with van der Waals surface area (Å²) in [7, 11) is 0. The molecule has 1 aliphatic carbocycles. The topological polar surface area (TPSA) is 94.5 Å². The Labute approximate surface area is 150 Å². The van der Waals surface area contributed by atoms with E-state index < -0.39 is 5.97 Å². The van der Waals surface area contributed by atoms with Crippen molar-refractivity contribution in [1.29, 1.82) is 0 Å². The van der Waals surface area contributed by atoms with Crippen LogP contribution >= 0.6 is 0 Å². The van der Waals surface area contributed by atoms with Gasteiger partial charge in [0.15, 0.2) is 0 Å². The molecule has 0 atom stereocenters. The minimum atomic E-state index is -0.535. The highest BCUT2D eigenvalue weighted by molar-refractivity contribution is 6.04. The maximum absolute atomic E-state index is 12.3. The van der Waals surface area contributed by atoms with Crippen LogP contribution in [-0.4, -0.2) is 33.7 Å². The van der Waals surface area contributed by atoms with Gasteiger partial charge in [-0.2, -0.15) is 4.98 Å². The van der Waals surface area contributed by atoms with Gasteiger partial charge in [0, 0.05) is 6.04 Å². The van der Waals surface area contributed by atoms with Crippen LogP contribution in [0.1, 0.15) is 48.9 Å². The number of carbonyl (C=O) groups excluding carboxylic acids is 1. The Morgan fingerprint density at radius 1 is 1.35 bits per heavy atom. The van der Waals surface area contributed by atoms with E-state index in [-0.39, 0.29) is 18.0 Å². The zero-order valence-electron chi connectivity index (χ0n) is 14.6. The molecule has 8 heteroatoms. The van der Waals surface area contributed by atoms with Crippen molar-refractivity contribution < 1.29 is 18.5 Å². The fourth-order valence-electron chi connectivity index (χ4n) is 3.49. The van der Waals surface area contributed by atoms with Gasteiger partial charge in [0.25, 0.3) is 5.71 Å². The minimum absolute atomic E-state index is 0.111. The van der Waals surface area contributed by atoms with Crippen molar-refractivity contribution in [2.75, 3.05) is 11.5 Å². The second-order valence-electron chi connectivity index (χ2n) is 6.27. The summed E-state index contributed by atoms with van der Waals surface area (Å²) in [5, 5.41) is 4.37. The van der Waals surface area contributed by atoms with Gasteiger partial charge in [0.05, 0.1) is 19.4 Å². The van der Waals surface area contributed by atoms with Crippen molar-refractivity contribution >= 4 is 22.9 Å². The van der Waals surface area contributed by atoms with Crippen LogP contribution in [0.3, 0.4) is 0 Å². The van der Waals surface area contributed by atoms with Crippen LogP contribution < -0.4 is 4.90 Å². The second-order valence-corrected chi connectivity index (χ2v) is 6.27. The third-order valence-corrected chi connectivity index (χ3v) is 4.67. The van der Waals surface area contributed by atoms with E-state index in [1.54, 1.807) is 13.2 Å². The number of anilines is 1. The lowest BCUT2D eigenvalue weighted by Gasteiger charge is -2.29. The van der Waals surface area contributed by atoms with Gasteiger partial charge in [-0.15, -0.1) is 0 Å². The molecule has 3 aromatic heterocycles. The van der Waals surface area contributed by atoms with Crippen molar-refractivity contribution in [3.05, 3.63) is 36.2 Å². The summed E-state index contributed by atoms with van der Waals surface area (Å²) in [6, 6.07) is 4.10. The molecule has 26 heavy (non-hydrogen) atoms. The van der Waals surface area contributed by atoms with E-state index in [2.05, 4.69) is 20.0 Å². The lowest BCUT2D eigenvalue weighted by molar-refractivity contribution is 0.0517. The summed E-state index contributed by atoms with van der Waals surface area (Å²) in [5.74, 6) is 0.923. The van der Waals surface area contributed by atoms with Crippen LogP contribution in [0.2, 0.25) is 0 Å². The number of nitrogens with zero attached hydrogens (tertiary/aromatic N) is 4. The summed E-state index contributed by atoms with van der Waals surface area (Å²) in [5.41, 5.74) is 0.389. The van der Waals surface area contributed by atoms with E-state index in [4.69, 9.17) is 13.7 Å². The SMILES string of the molecule is CCOC(=O)c1noc2ncnc(N(Cc3ccco3)C3CCCC3)c12. The van der Waals surface area contributed by atoms with Crippen LogP contribution in [0.15, 0.2) is 33.7 Å². The Kier molecular flexibility index (Phi) is 4.55. The van der Waals surface area contributed by atoms with Crippen LogP contribution in [-0.2, 0) is 11.3 Å². The normalized spacial score (nSPS) is 14.8. The molecule has 3 heterocycles.